The van der Waals surface area contributed by atoms with Crippen LogP contribution in [0.4, 0.5) is 0 Å². The van der Waals surface area contributed by atoms with Gasteiger partial charge < -0.3 is 9.73 Å². The molecule has 1 aromatic heterocycles. The molecule has 0 saturated carbocycles. The zero-order chi connectivity index (χ0) is 18.1. The quantitative estimate of drug-likeness (QED) is 0.511. The molecule has 4 rings (SSSR count). The van der Waals surface area contributed by atoms with Crippen LogP contribution in [0.1, 0.15) is 41.1 Å². The average molecular weight is 343 g/mol. The van der Waals surface area contributed by atoms with Crippen LogP contribution in [0, 0.1) is 6.92 Å². The molecule has 0 aliphatic rings. The molecule has 3 aromatic carbocycles. The maximum absolute atomic E-state index is 12.8. The van der Waals surface area contributed by atoms with Crippen molar-refractivity contribution >= 4 is 27.6 Å². The minimum atomic E-state index is -0.183. The van der Waals surface area contributed by atoms with Crippen LogP contribution in [-0.4, -0.2) is 5.91 Å². The molecule has 0 fully saturated rings. The summed E-state index contributed by atoms with van der Waals surface area (Å²) in [5.74, 6) is 0.166. The first kappa shape index (κ1) is 16.4. The van der Waals surface area contributed by atoms with Gasteiger partial charge in [0.1, 0.15) is 5.58 Å². The summed E-state index contributed by atoms with van der Waals surface area (Å²) in [6.07, 6.45) is 0.817. The summed E-state index contributed by atoms with van der Waals surface area (Å²) in [5, 5.41) is 6.30. The van der Waals surface area contributed by atoms with Gasteiger partial charge in [0.15, 0.2) is 5.76 Å². The van der Waals surface area contributed by atoms with E-state index in [4.69, 9.17) is 4.42 Å². The summed E-state index contributed by atoms with van der Waals surface area (Å²) in [5.41, 5.74) is 3.05. The van der Waals surface area contributed by atoms with Gasteiger partial charge in [-0.05, 0) is 41.8 Å². The third-order valence-corrected chi connectivity index (χ3v) is 4.84. The Balaban J connectivity index is 1.65. The largest absolute Gasteiger partial charge is 0.451 e. The molecule has 0 unspecified atom stereocenters. The number of rotatable bonds is 4. The topological polar surface area (TPSA) is 42.2 Å². The summed E-state index contributed by atoms with van der Waals surface area (Å²) in [7, 11) is 0. The fraction of sp³-hybridized carbons (Fsp3) is 0.174. The number of aryl methyl sites for hydroxylation is 1. The molecule has 0 radical (unpaired) electrons. The normalized spacial score (nSPS) is 12.4. The average Bonchev–Trinajstić information content (AvgIpc) is 3.12. The van der Waals surface area contributed by atoms with Gasteiger partial charge >= 0.3 is 0 Å². The van der Waals surface area contributed by atoms with E-state index >= 15 is 0 Å². The summed E-state index contributed by atoms with van der Waals surface area (Å²) in [4.78, 5) is 12.8. The van der Waals surface area contributed by atoms with E-state index in [0.717, 1.165) is 33.7 Å². The van der Waals surface area contributed by atoms with Gasteiger partial charge in [-0.15, -0.1) is 0 Å². The maximum atomic E-state index is 12.8. The van der Waals surface area contributed by atoms with Gasteiger partial charge in [0.25, 0.3) is 5.91 Å². The third kappa shape index (κ3) is 2.97. The molecule has 1 N–H and O–H groups in total. The number of nitrogens with one attached hydrogen (secondary N) is 1. The van der Waals surface area contributed by atoms with Crippen molar-refractivity contribution in [3.05, 3.63) is 83.6 Å². The van der Waals surface area contributed by atoms with Crippen molar-refractivity contribution in [1.82, 2.24) is 5.32 Å². The van der Waals surface area contributed by atoms with Gasteiger partial charge in [-0.1, -0.05) is 67.1 Å². The highest BCUT2D eigenvalue weighted by molar-refractivity contribution is 6.08. The Morgan fingerprint density at radius 1 is 1.00 bits per heavy atom. The molecule has 1 amide bonds. The predicted octanol–water partition coefficient (Wildman–Crippen LogP) is 5.78. The number of carbonyl (C=O) groups excluding carboxylic acids is 1. The second kappa shape index (κ2) is 6.68. The van der Waals surface area contributed by atoms with E-state index in [9.17, 15) is 4.79 Å². The van der Waals surface area contributed by atoms with Gasteiger partial charge in [0.2, 0.25) is 0 Å². The molecule has 0 aliphatic carbocycles. The van der Waals surface area contributed by atoms with E-state index < -0.39 is 0 Å². The first-order chi connectivity index (χ1) is 12.7. The van der Waals surface area contributed by atoms with Crippen molar-refractivity contribution < 1.29 is 9.21 Å². The number of furan rings is 1. The number of carbonyl (C=O) groups is 1. The molecule has 1 atom stereocenters. The van der Waals surface area contributed by atoms with Crippen molar-refractivity contribution in [2.45, 2.75) is 26.3 Å². The SMILES string of the molecule is CC[C@@H](NC(=O)c1cc2c(ccc3ccccc32)o1)c1ccc(C)cc1. The molecular formula is C23H21NO2. The third-order valence-electron chi connectivity index (χ3n) is 4.84. The molecule has 3 heteroatoms. The molecule has 0 spiro atoms. The van der Waals surface area contributed by atoms with E-state index in [1.165, 1.54) is 5.56 Å². The lowest BCUT2D eigenvalue weighted by molar-refractivity contribution is 0.0909. The summed E-state index contributed by atoms with van der Waals surface area (Å²) in [6, 6.07) is 22.1. The van der Waals surface area contributed by atoms with Gasteiger partial charge in [0.05, 0.1) is 6.04 Å². The molecule has 26 heavy (non-hydrogen) atoms. The molecule has 1 heterocycles. The predicted molar refractivity (Wildman–Crippen MR) is 105 cm³/mol. The van der Waals surface area contributed by atoms with Crippen LogP contribution in [0.15, 0.2) is 71.1 Å². The Bertz CT molecular complexity index is 1080. The Kier molecular flexibility index (Phi) is 4.21. The Morgan fingerprint density at radius 2 is 1.77 bits per heavy atom. The van der Waals surface area contributed by atoms with Crippen LogP contribution >= 0.6 is 0 Å². The van der Waals surface area contributed by atoms with Crippen LogP contribution in [0.2, 0.25) is 0 Å². The highest BCUT2D eigenvalue weighted by Gasteiger charge is 2.18. The van der Waals surface area contributed by atoms with Crippen LogP contribution in [0.3, 0.4) is 0 Å². The van der Waals surface area contributed by atoms with Gasteiger partial charge in [-0.3, -0.25) is 4.79 Å². The molecule has 4 aromatic rings. The van der Waals surface area contributed by atoms with Crippen molar-refractivity contribution in [3.8, 4) is 0 Å². The van der Waals surface area contributed by atoms with Crippen molar-refractivity contribution in [3.63, 3.8) is 0 Å². The van der Waals surface area contributed by atoms with Crippen LogP contribution < -0.4 is 5.32 Å². The Labute approximate surface area is 152 Å². The minimum absolute atomic E-state index is 0.0342. The van der Waals surface area contributed by atoms with Gasteiger partial charge in [-0.2, -0.15) is 0 Å². The molecular weight excluding hydrogens is 322 g/mol. The lowest BCUT2D eigenvalue weighted by Crippen LogP contribution is -2.27. The van der Waals surface area contributed by atoms with E-state index in [2.05, 4.69) is 55.6 Å². The standard InChI is InChI=1S/C23H21NO2/c1-3-20(17-10-8-15(2)9-11-17)24-23(25)22-14-19-18-7-5-4-6-16(18)12-13-21(19)26-22/h4-14,20H,3H2,1-2H3,(H,24,25)/t20-/m1/s1. The molecule has 3 nitrogen and oxygen atoms in total. The van der Waals surface area contributed by atoms with Crippen LogP contribution in [-0.2, 0) is 0 Å². The van der Waals surface area contributed by atoms with Crippen molar-refractivity contribution in [2.24, 2.45) is 0 Å². The Morgan fingerprint density at radius 3 is 2.54 bits per heavy atom. The van der Waals surface area contributed by atoms with Crippen molar-refractivity contribution in [2.75, 3.05) is 0 Å². The zero-order valence-electron chi connectivity index (χ0n) is 15.0. The smallest absolute Gasteiger partial charge is 0.287 e. The number of amides is 1. The van der Waals surface area contributed by atoms with E-state index in [1.54, 1.807) is 0 Å². The molecule has 0 aliphatic heterocycles. The van der Waals surface area contributed by atoms with E-state index in [1.807, 2.05) is 30.3 Å². The molecule has 130 valence electrons. The summed E-state index contributed by atoms with van der Waals surface area (Å²) >= 11 is 0. The zero-order valence-corrected chi connectivity index (χ0v) is 15.0. The fourth-order valence-corrected chi connectivity index (χ4v) is 3.35. The fourth-order valence-electron chi connectivity index (χ4n) is 3.35. The highest BCUT2D eigenvalue weighted by atomic mass is 16.3. The first-order valence-electron chi connectivity index (χ1n) is 8.94. The lowest BCUT2D eigenvalue weighted by Gasteiger charge is -2.16. The monoisotopic (exact) mass is 343 g/mol. The van der Waals surface area contributed by atoms with Crippen LogP contribution in [0.25, 0.3) is 21.7 Å². The maximum Gasteiger partial charge on any atom is 0.287 e. The van der Waals surface area contributed by atoms with Crippen LogP contribution in [0.5, 0.6) is 0 Å². The Hall–Kier alpha value is -3.07. The van der Waals surface area contributed by atoms with Gasteiger partial charge in [0, 0.05) is 5.39 Å². The minimum Gasteiger partial charge on any atom is -0.451 e. The number of fused-ring (bicyclic) bond motifs is 3. The highest BCUT2D eigenvalue weighted by Crippen LogP contribution is 2.28. The molecule has 0 saturated heterocycles. The second-order valence-corrected chi connectivity index (χ2v) is 6.65. The van der Waals surface area contributed by atoms with Gasteiger partial charge in [-0.25, -0.2) is 0 Å². The van der Waals surface area contributed by atoms with E-state index in [-0.39, 0.29) is 11.9 Å². The summed E-state index contributed by atoms with van der Waals surface area (Å²) in [6.45, 7) is 4.12. The lowest BCUT2D eigenvalue weighted by atomic mass is 10.0. The number of benzene rings is 3. The molecule has 0 bridgehead atoms. The summed E-state index contributed by atoms with van der Waals surface area (Å²) < 4.78 is 5.83. The number of hydrogen-bond donors (Lipinski definition) is 1. The first-order valence-corrected chi connectivity index (χ1v) is 8.94. The number of hydrogen-bond acceptors (Lipinski definition) is 2. The van der Waals surface area contributed by atoms with E-state index in [0.29, 0.717) is 5.76 Å². The second-order valence-electron chi connectivity index (χ2n) is 6.65. The van der Waals surface area contributed by atoms with Crippen molar-refractivity contribution in [1.29, 1.82) is 0 Å².